The summed E-state index contributed by atoms with van der Waals surface area (Å²) >= 11 is 5.52. The first-order valence-corrected chi connectivity index (χ1v) is 6.37. The lowest BCUT2D eigenvalue weighted by Crippen LogP contribution is -2.42. The highest BCUT2D eigenvalue weighted by Crippen LogP contribution is 2.47. The number of thiol groups is 1. The van der Waals surface area contributed by atoms with E-state index in [1.54, 1.807) is 0 Å². The fraction of sp³-hybridized carbons (Fsp3) is 0.778. The fourth-order valence-electron chi connectivity index (χ4n) is 1.57. The summed E-state index contributed by atoms with van der Waals surface area (Å²) < 4.78 is 0. The van der Waals surface area contributed by atoms with Crippen LogP contribution in [0.1, 0.15) is 19.3 Å². The molecule has 1 heterocycles. The summed E-state index contributed by atoms with van der Waals surface area (Å²) in [5.74, 6) is 1.40. The predicted octanol–water partition coefficient (Wildman–Crippen LogP) is 1.78. The maximum absolute atomic E-state index is 11.5. The maximum Gasteiger partial charge on any atom is 0.288 e. The van der Waals surface area contributed by atoms with Gasteiger partial charge >= 0.3 is 0 Å². The van der Waals surface area contributed by atoms with Crippen LogP contribution in [0.5, 0.6) is 0 Å². The Bertz CT molecular complexity index is 260. The molecule has 3 nitrogen and oxygen atoms in total. The van der Waals surface area contributed by atoms with Crippen LogP contribution in [-0.2, 0) is 4.79 Å². The Morgan fingerprint density at radius 2 is 2.14 bits per heavy atom. The number of amides is 2. The van der Waals surface area contributed by atoms with Crippen LogP contribution in [0.25, 0.3) is 0 Å². The summed E-state index contributed by atoms with van der Waals surface area (Å²) in [7, 11) is 0. The van der Waals surface area contributed by atoms with Gasteiger partial charge in [0.2, 0.25) is 5.91 Å². The molecule has 2 amide bonds. The lowest BCUT2D eigenvalue weighted by molar-refractivity contribution is -0.128. The molecule has 78 valence electrons. The van der Waals surface area contributed by atoms with E-state index < -0.39 is 0 Å². The highest BCUT2D eigenvalue weighted by Gasteiger charge is 2.45. The van der Waals surface area contributed by atoms with Crippen LogP contribution in [0.3, 0.4) is 0 Å². The molecule has 2 rings (SSSR count). The summed E-state index contributed by atoms with van der Waals surface area (Å²) in [5.41, 5.74) is 0.145. The monoisotopic (exact) mass is 231 g/mol. The lowest BCUT2D eigenvalue weighted by Gasteiger charge is -2.27. The zero-order chi connectivity index (χ0) is 10.2. The Hall–Kier alpha value is -0.160. The molecule has 0 aromatic heterocycles. The summed E-state index contributed by atoms with van der Waals surface area (Å²) in [4.78, 5) is 24.4. The Morgan fingerprint density at radius 1 is 1.43 bits per heavy atom. The van der Waals surface area contributed by atoms with Gasteiger partial charge in [-0.2, -0.15) is 12.6 Å². The third-order valence-electron chi connectivity index (χ3n) is 2.85. The van der Waals surface area contributed by atoms with Crippen molar-refractivity contribution in [3.8, 4) is 0 Å². The van der Waals surface area contributed by atoms with Gasteiger partial charge in [-0.05, 0) is 24.0 Å². The lowest BCUT2D eigenvalue weighted by atomic mass is 10.1. The summed E-state index contributed by atoms with van der Waals surface area (Å²) in [6, 6.07) is 0. The van der Waals surface area contributed by atoms with Gasteiger partial charge in [0.1, 0.15) is 0 Å². The minimum Gasteiger partial charge on any atom is -0.274 e. The zero-order valence-corrected chi connectivity index (χ0v) is 9.57. The van der Waals surface area contributed by atoms with E-state index in [0.29, 0.717) is 18.7 Å². The molecule has 0 N–H and O–H groups in total. The molecule has 2 aliphatic rings. The van der Waals surface area contributed by atoms with E-state index in [1.807, 2.05) is 0 Å². The number of imide groups is 1. The molecule has 14 heavy (non-hydrogen) atoms. The van der Waals surface area contributed by atoms with Gasteiger partial charge in [-0.1, -0.05) is 11.8 Å². The van der Waals surface area contributed by atoms with Gasteiger partial charge in [0.25, 0.3) is 5.24 Å². The van der Waals surface area contributed by atoms with E-state index in [1.165, 1.54) is 16.7 Å². The van der Waals surface area contributed by atoms with Crippen molar-refractivity contribution >= 4 is 35.5 Å². The molecule has 0 atom stereocenters. The van der Waals surface area contributed by atoms with E-state index in [9.17, 15) is 9.59 Å². The Labute approximate surface area is 93.0 Å². The quantitative estimate of drug-likeness (QED) is 0.752. The van der Waals surface area contributed by atoms with Gasteiger partial charge in [-0.25, -0.2) is 0 Å². The van der Waals surface area contributed by atoms with Crippen molar-refractivity contribution in [3.05, 3.63) is 0 Å². The highest BCUT2D eigenvalue weighted by molar-refractivity contribution is 8.13. The predicted molar refractivity (Wildman–Crippen MR) is 59.7 cm³/mol. The molecule has 2 fully saturated rings. The number of thioether (sulfide) groups is 1. The van der Waals surface area contributed by atoms with E-state index in [-0.39, 0.29) is 16.6 Å². The molecular weight excluding hydrogens is 218 g/mol. The molecule has 1 aliphatic carbocycles. The minimum atomic E-state index is -0.0747. The van der Waals surface area contributed by atoms with Gasteiger partial charge < -0.3 is 0 Å². The van der Waals surface area contributed by atoms with E-state index in [4.69, 9.17) is 0 Å². The normalized spacial score (nSPS) is 25.4. The van der Waals surface area contributed by atoms with Crippen molar-refractivity contribution in [1.82, 2.24) is 4.90 Å². The van der Waals surface area contributed by atoms with Crippen LogP contribution in [0, 0.1) is 5.41 Å². The minimum absolute atomic E-state index is 0.0122. The second-order valence-corrected chi connectivity index (χ2v) is 5.36. The van der Waals surface area contributed by atoms with Crippen LogP contribution < -0.4 is 0 Å². The van der Waals surface area contributed by atoms with Crippen molar-refractivity contribution < 1.29 is 9.59 Å². The largest absolute Gasteiger partial charge is 0.288 e. The summed E-state index contributed by atoms with van der Waals surface area (Å²) in [6.07, 6.45) is 2.69. The molecule has 0 spiro atoms. The highest BCUT2D eigenvalue weighted by atomic mass is 32.2. The van der Waals surface area contributed by atoms with Crippen molar-refractivity contribution in [1.29, 1.82) is 0 Å². The number of hydrogen-bond acceptors (Lipinski definition) is 4. The molecule has 1 saturated carbocycles. The van der Waals surface area contributed by atoms with Crippen LogP contribution in [0.2, 0.25) is 0 Å². The average Bonchev–Trinajstić information content (AvgIpc) is 2.93. The fourth-order valence-corrected chi connectivity index (χ4v) is 2.76. The standard InChI is InChI=1S/C9H13NO2S2/c11-7-1-4-14-8(12)10(7)5-9(6-13)2-3-9/h13H,1-6H2. The second-order valence-electron chi connectivity index (χ2n) is 4.00. The smallest absolute Gasteiger partial charge is 0.274 e. The van der Waals surface area contributed by atoms with E-state index in [2.05, 4.69) is 12.6 Å². The Morgan fingerprint density at radius 3 is 2.64 bits per heavy atom. The number of hydrogen-bond donors (Lipinski definition) is 1. The number of carbonyl (C=O) groups excluding carboxylic acids is 2. The van der Waals surface area contributed by atoms with Gasteiger partial charge in [-0.15, -0.1) is 0 Å². The average molecular weight is 231 g/mol. The first-order chi connectivity index (χ1) is 6.67. The van der Waals surface area contributed by atoms with Crippen molar-refractivity contribution in [3.63, 3.8) is 0 Å². The number of rotatable bonds is 3. The molecule has 0 aromatic rings. The van der Waals surface area contributed by atoms with Gasteiger partial charge in [-0.3, -0.25) is 14.5 Å². The number of nitrogens with zero attached hydrogens (tertiary/aromatic N) is 1. The molecular formula is C9H13NO2S2. The molecule has 1 saturated heterocycles. The first-order valence-electron chi connectivity index (χ1n) is 4.75. The van der Waals surface area contributed by atoms with Crippen molar-refractivity contribution in [2.24, 2.45) is 5.41 Å². The molecule has 0 radical (unpaired) electrons. The second kappa shape index (κ2) is 3.77. The molecule has 1 aliphatic heterocycles. The van der Waals surface area contributed by atoms with Crippen LogP contribution in [0.15, 0.2) is 0 Å². The van der Waals surface area contributed by atoms with Gasteiger partial charge in [0, 0.05) is 18.7 Å². The SMILES string of the molecule is O=C1CCSC(=O)N1CC1(CS)CC1. The third kappa shape index (κ3) is 1.93. The topological polar surface area (TPSA) is 37.4 Å². The summed E-state index contributed by atoms with van der Waals surface area (Å²) in [6.45, 7) is 0.584. The molecule has 0 bridgehead atoms. The van der Waals surface area contributed by atoms with E-state index in [0.717, 1.165) is 18.6 Å². The third-order valence-corrected chi connectivity index (χ3v) is 4.40. The number of carbonyl (C=O) groups is 2. The maximum atomic E-state index is 11.5. The molecule has 5 heteroatoms. The Kier molecular flexibility index (Phi) is 2.79. The Balaban J connectivity index is 2.01. The summed E-state index contributed by atoms with van der Waals surface area (Å²) in [5, 5.41) is -0.0747. The zero-order valence-electron chi connectivity index (χ0n) is 7.86. The van der Waals surface area contributed by atoms with Gasteiger partial charge in [0.15, 0.2) is 0 Å². The van der Waals surface area contributed by atoms with Crippen molar-refractivity contribution in [2.45, 2.75) is 19.3 Å². The molecule has 0 unspecified atom stereocenters. The van der Waals surface area contributed by atoms with Gasteiger partial charge in [0.05, 0.1) is 0 Å². The molecule has 0 aromatic carbocycles. The van der Waals surface area contributed by atoms with E-state index >= 15 is 0 Å². The van der Waals surface area contributed by atoms with Crippen LogP contribution in [0.4, 0.5) is 4.79 Å². The van der Waals surface area contributed by atoms with Crippen molar-refractivity contribution in [2.75, 3.05) is 18.1 Å². The first kappa shape index (κ1) is 10.4. The van der Waals surface area contributed by atoms with Crippen LogP contribution >= 0.6 is 24.4 Å². The van der Waals surface area contributed by atoms with Crippen LogP contribution in [-0.4, -0.2) is 34.1 Å².